The summed E-state index contributed by atoms with van der Waals surface area (Å²) in [5.74, 6) is -1.87. The lowest BCUT2D eigenvalue weighted by atomic mass is 10.1. The Kier molecular flexibility index (Phi) is 6.21. The molecule has 0 aliphatic rings. The molecule has 2 rings (SSSR count). The van der Waals surface area contributed by atoms with Gasteiger partial charge in [0.15, 0.2) is 6.10 Å². The van der Waals surface area contributed by atoms with Gasteiger partial charge in [-0.25, -0.2) is 9.59 Å². The molecule has 1 unspecified atom stereocenters. The third kappa shape index (κ3) is 5.11. The molecule has 2 aromatic carbocycles. The molecule has 140 valence electrons. The number of nitro benzene ring substituents is 1. The molecular formula is C18H16N2O7. The minimum absolute atomic E-state index is 0.108. The van der Waals surface area contributed by atoms with Crippen LogP contribution in [-0.2, 0) is 14.3 Å². The van der Waals surface area contributed by atoms with E-state index in [4.69, 9.17) is 4.74 Å². The van der Waals surface area contributed by atoms with Crippen molar-refractivity contribution in [2.45, 2.75) is 13.0 Å². The van der Waals surface area contributed by atoms with Gasteiger partial charge in [-0.2, -0.15) is 0 Å². The van der Waals surface area contributed by atoms with Crippen LogP contribution in [0.3, 0.4) is 0 Å². The van der Waals surface area contributed by atoms with Crippen molar-refractivity contribution in [3.05, 3.63) is 69.8 Å². The first-order valence-electron chi connectivity index (χ1n) is 7.76. The van der Waals surface area contributed by atoms with Gasteiger partial charge in [-0.15, -0.1) is 0 Å². The van der Waals surface area contributed by atoms with Gasteiger partial charge in [0.25, 0.3) is 11.6 Å². The summed E-state index contributed by atoms with van der Waals surface area (Å²) < 4.78 is 9.65. The number of non-ortho nitro benzene ring substituents is 1. The Hall–Kier alpha value is -3.75. The molecule has 0 fully saturated rings. The van der Waals surface area contributed by atoms with Crippen molar-refractivity contribution in [2.75, 3.05) is 12.4 Å². The third-order valence-electron chi connectivity index (χ3n) is 3.54. The van der Waals surface area contributed by atoms with Crippen LogP contribution < -0.4 is 5.32 Å². The molecule has 0 heterocycles. The van der Waals surface area contributed by atoms with Crippen LogP contribution in [0.15, 0.2) is 48.5 Å². The highest BCUT2D eigenvalue weighted by Crippen LogP contribution is 2.16. The molecule has 0 spiro atoms. The van der Waals surface area contributed by atoms with Gasteiger partial charge in [0.1, 0.15) is 0 Å². The van der Waals surface area contributed by atoms with Gasteiger partial charge in [-0.1, -0.05) is 0 Å². The first-order valence-corrected chi connectivity index (χ1v) is 7.76. The Morgan fingerprint density at radius 2 is 1.48 bits per heavy atom. The molecule has 27 heavy (non-hydrogen) atoms. The summed E-state index contributed by atoms with van der Waals surface area (Å²) in [5, 5.41) is 13.1. The van der Waals surface area contributed by atoms with E-state index in [1.165, 1.54) is 62.6 Å². The number of esters is 2. The molecule has 0 radical (unpaired) electrons. The van der Waals surface area contributed by atoms with Gasteiger partial charge in [-0.3, -0.25) is 14.9 Å². The van der Waals surface area contributed by atoms with E-state index in [1.807, 2.05) is 0 Å². The normalized spacial score (nSPS) is 11.2. The molecule has 0 saturated heterocycles. The monoisotopic (exact) mass is 372 g/mol. The van der Waals surface area contributed by atoms with Gasteiger partial charge < -0.3 is 14.8 Å². The number of hydrogen-bond donors (Lipinski definition) is 1. The number of amides is 1. The topological polar surface area (TPSA) is 125 Å². The second-order valence-electron chi connectivity index (χ2n) is 5.41. The van der Waals surface area contributed by atoms with Crippen LogP contribution in [0, 0.1) is 10.1 Å². The lowest BCUT2D eigenvalue weighted by Gasteiger charge is -2.13. The van der Waals surface area contributed by atoms with Crippen LogP contribution in [0.2, 0.25) is 0 Å². The van der Waals surface area contributed by atoms with Gasteiger partial charge in [0.05, 0.1) is 23.2 Å². The van der Waals surface area contributed by atoms with Crippen LogP contribution in [0.5, 0.6) is 0 Å². The van der Waals surface area contributed by atoms with Crippen LogP contribution in [0.4, 0.5) is 11.4 Å². The average molecular weight is 372 g/mol. The number of nitrogens with one attached hydrogen (secondary N) is 1. The van der Waals surface area contributed by atoms with Gasteiger partial charge >= 0.3 is 11.9 Å². The number of carbonyl (C=O) groups is 3. The number of nitrogens with zero attached hydrogens (tertiary/aromatic N) is 1. The Morgan fingerprint density at radius 1 is 0.963 bits per heavy atom. The molecule has 0 saturated carbocycles. The van der Waals surface area contributed by atoms with E-state index in [2.05, 4.69) is 10.1 Å². The summed E-state index contributed by atoms with van der Waals surface area (Å²) in [6.45, 7) is 1.39. The number of carbonyl (C=O) groups excluding carboxylic acids is 3. The Labute approximate surface area is 154 Å². The van der Waals surface area contributed by atoms with Gasteiger partial charge in [0, 0.05) is 17.8 Å². The first kappa shape index (κ1) is 19.6. The Morgan fingerprint density at radius 3 is 1.96 bits per heavy atom. The zero-order valence-electron chi connectivity index (χ0n) is 14.5. The summed E-state index contributed by atoms with van der Waals surface area (Å²) in [6.07, 6.45) is -1.10. The van der Waals surface area contributed by atoms with E-state index in [9.17, 15) is 24.5 Å². The summed E-state index contributed by atoms with van der Waals surface area (Å²) in [6, 6.07) is 10.8. The number of ether oxygens (including phenoxy) is 2. The zero-order valence-corrected chi connectivity index (χ0v) is 14.5. The maximum atomic E-state index is 12.1. The van der Waals surface area contributed by atoms with E-state index in [0.717, 1.165) is 0 Å². The number of anilines is 1. The maximum Gasteiger partial charge on any atom is 0.338 e. The molecule has 1 N–H and O–H groups in total. The van der Waals surface area contributed by atoms with Gasteiger partial charge in [0.2, 0.25) is 0 Å². The minimum atomic E-state index is -1.10. The van der Waals surface area contributed by atoms with Crippen molar-refractivity contribution in [3.8, 4) is 0 Å². The first-order chi connectivity index (χ1) is 12.8. The highest BCUT2D eigenvalue weighted by molar-refractivity contribution is 5.98. The zero-order chi connectivity index (χ0) is 20.0. The lowest BCUT2D eigenvalue weighted by molar-refractivity contribution is -0.384. The fraction of sp³-hybridized carbons (Fsp3) is 0.167. The predicted molar refractivity (Wildman–Crippen MR) is 94.4 cm³/mol. The second kappa shape index (κ2) is 8.56. The third-order valence-corrected chi connectivity index (χ3v) is 3.54. The number of hydrogen-bond acceptors (Lipinski definition) is 7. The number of nitro groups is 1. The smallest absolute Gasteiger partial charge is 0.338 e. The summed E-state index contributed by atoms with van der Waals surface area (Å²) in [5.41, 5.74) is 0.662. The Bertz CT molecular complexity index is 860. The number of benzene rings is 2. The van der Waals surface area contributed by atoms with E-state index < -0.39 is 28.9 Å². The highest BCUT2D eigenvalue weighted by atomic mass is 16.6. The van der Waals surface area contributed by atoms with Gasteiger partial charge in [-0.05, 0) is 43.3 Å². The van der Waals surface area contributed by atoms with E-state index in [1.54, 1.807) is 0 Å². The molecule has 2 aromatic rings. The predicted octanol–water partition coefficient (Wildman–Crippen LogP) is 2.57. The van der Waals surface area contributed by atoms with Crippen molar-refractivity contribution in [2.24, 2.45) is 0 Å². The largest absolute Gasteiger partial charge is 0.465 e. The lowest BCUT2D eigenvalue weighted by Crippen LogP contribution is -2.30. The SMILES string of the molecule is COC(=O)c1ccc(C(=O)OC(C)C(=O)Nc2ccc([N+](=O)[O-])cc2)cc1. The molecule has 9 heteroatoms. The molecule has 0 bridgehead atoms. The molecular weight excluding hydrogens is 356 g/mol. The number of rotatable bonds is 6. The van der Waals surface area contributed by atoms with Crippen molar-refractivity contribution in [1.29, 1.82) is 0 Å². The molecule has 0 aliphatic carbocycles. The van der Waals surface area contributed by atoms with Crippen LogP contribution >= 0.6 is 0 Å². The molecule has 0 aliphatic heterocycles. The standard InChI is InChI=1S/C18H16N2O7/c1-11(16(21)19-14-7-9-15(10-8-14)20(24)25)27-18(23)13-5-3-12(4-6-13)17(22)26-2/h3-11H,1-2H3,(H,19,21). The summed E-state index contributed by atoms with van der Waals surface area (Å²) >= 11 is 0. The maximum absolute atomic E-state index is 12.1. The summed E-state index contributed by atoms with van der Waals surface area (Å²) in [4.78, 5) is 45.6. The van der Waals surface area contributed by atoms with E-state index in [-0.39, 0.29) is 16.8 Å². The van der Waals surface area contributed by atoms with Crippen molar-refractivity contribution in [1.82, 2.24) is 0 Å². The molecule has 1 amide bonds. The van der Waals surface area contributed by atoms with E-state index in [0.29, 0.717) is 5.69 Å². The minimum Gasteiger partial charge on any atom is -0.465 e. The van der Waals surface area contributed by atoms with Crippen LogP contribution in [0.1, 0.15) is 27.6 Å². The molecule has 9 nitrogen and oxygen atoms in total. The number of methoxy groups -OCH3 is 1. The van der Waals surface area contributed by atoms with Crippen molar-refractivity contribution < 1.29 is 28.8 Å². The summed E-state index contributed by atoms with van der Waals surface area (Å²) in [7, 11) is 1.25. The average Bonchev–Trinajstić information content (AvgIpc) is 2.67. The molecule has 0 aromatic heterocycles. The van der Waals surface area contributed by atoms with E-state index >= 15 is 0 Å². The molecule has 1 atom stereocenters. The quantitative estimate of drug-likeness (QED) is 0.469. The van der Waals surface area contributed by atoms with Crippen LogP contribution in [0.25, 0.3) is 0 Å². The Balaban J connectivity index is 1.95. The fourth-order valence-corrected chi connectivity index (χ4v) is 2.05. The van der Waals surface area contributed by atoms with Crippen molar-refractivity contribution >= 4 is 29.2 Å². The van der Waals surface area contributed by atoms with Crippen LogP contribution in [-0.4, -0.2) is 36.0 Å². The van der Waals surface area contributed by atoms with Crippen molar-refractivity contribution in [3.63, 3.8) is 0 Å². The second-order valence-corrected chi connectivity index (χ2v) is 5.41. The fourth-order valence-electron chi connectivity index (χ4n) is 2.05. The highest BCUT2D eigenvalue weighted by Gasteiger charge is 2.19.